The quantitative estimate of drug-likeness (QED) is 0.147. The lowest BCUT2D eigenvalue weighted by molar-refractivity contribution is -0.135. The Kier molecular flexibility index (Phi) is 12.0. The number of nitrogens with one attached hydrogen (secondary N) is 2. The fourth-order valence-corrected chi connectivity index (χ4v) is 9.41. The number of nitrogens with zero attached hydrogens (tertiary/aromatic N) is 10. The molecule has 62 heavy (non-hydrogen) atoms. The second-order valence-electron chi connectivity index (χ2n) is 17.0. The van der Waals surface area contributed by atoms with Gasteiger partial charge in [-0.15, -0.1) is 0 Å². The van der Waals surface area contributed by atoms with Gasteiger partial charge in [-0.2, -0.15) is 15.3 Å². The molecule has 1 atom stereocenters. The number of hydrogen-bond acceptors (Lipinski definition) is 11. The van der Waals surface area contributed by atoms with E-state index in [0.29, 0.717) is 24.6 Å². The summed E-state index contributed by atoms with van der Waals surface area (Å²) in [6, 6.07) is 7.09. The number of aromatic nitrogens is 7. The molecule has 1 aromatic carbocycles. The lowest BCUT2D eigenvalue weighted by atomic mass is 9.85. The van der Waals surface area contributed by atoms with Gasteiger partial charge in [0, 0.05) is 75.6 Å². The number of likely N-dealkylation sites (tertiary alicyclic amines) is 1. The average Bonchev–Trinajstić information content (AvgIpc) is 3.99. The molecule has 1 unspecified atom stereocenters. The molecule has 4 aromatic heterocycles. The predicted molar refractivity (Wildman–Crippen MR) is 227 cm³/mol. The predicted octanol–water partition coefficient (Wildman–Crippen LogP) is 4.77. The van der Waals surface area contributed by atoms with E-state index in [0.717, 1.165) is 112 Å². The summed E-state index contributed by atoms with van der Waals surface area (Å²) in [4.78, 5) is 49.4. The van der Waals surface area contributed by atoms with E-state index < -0.39 is 24.1 Å². The van der Waals surface area contributed by atoms with E-state index in [1.165, 1.54) is 10.7 Å². The highest BCUT2D eigenvalue weighted by molar-refractivity contribution is 6.08. The Morgan fingerprint density at radius 1 is 1.00 bits per heavy atom. The second-order valence-corrected chi connectivity index (χ2v) is 17.0. The van der Waals surface area contributed by atoms with Gasteiger partial charge >= 0.3 is 0 Å². The van der Waals surface area contributed by atoms with Gasteiger partial charge in [0.25, 0.3) is 18.2 Å². The number of piperazine rings is 1. The van der Waals surface area contributed by atoms with Gasteiger partial charge in [0.05, 0.1) is 35.2 Å². The summed E-state index contributed by atoms with van der Waals surface area (Å²) in [6.07, 6.45) is 8.11. The number of imide groups is 1. The van der Waals surface area contributed by atoms with Crippen molar-refractivity contribution < 1.29 is 27.9 Å². The van der Waals surface area contributed by atoms with Gasteiger partial charge in [0.2, 0.25) is 5.91 Å². The van der Waals surface area contributed by atoms with E-state index in [1.807, 2.05) is 31.2 Å². The van der Waals surface area contributed by atoms with Crippen molar-refractivity contribution >= 4 is 45.8 Å². The second kappa shape index (κ2) is 17.9. The maximum Gasteiger partial charge on any atom is 0.284 e. The first kappa shape index (κ1) is 41.6. The highest BCUT2D eigenvalue weighted by Gasteiger charge is 2.32. The molecule has 326 valence electrons. The number of fused-ring (bicyclic) bond motifs is 2. The van der Waals surface area contributed by atoms with Crippen molar-refractivity contribution in [3.05, 3.63) is 65.4 Å². The Hall–Kier alpha value is -5.77. The first-order valence-corrected chi connectivity index (χ1v) is 21.7. The molecule has 4 fully saturated rings. The molecular formula is C44H52F2N12O4. The standard InChI is InChI=1S/C44H52F2N12O4/c1-28-39-30(5-3-7-35(39)58(51-28)36-12-13-38(59)50-44(36)61)6-4-24-62-32-14-17-54(18-15-32)26-29-8-10-31(11-9-29)57-27-34(40(52-57)41(45)46)48-43(60)33-25-47-56-19-16-37(49-42(33)56)55-22-20-53(2)21-23-55/h3,5,7,16,19,25,27,29,31-32,36,41H,8-15,17-18,20-24,26H2,1-2H3,(H,48,60)(H,50,59,61). The molecule has 18 heteroatoms. The van der Waals surface area contributed by atoms with Crippen LogP contribution < -0.4 is 15.5 Å². The van der Waals surface area contributed by atoms with Crippen molar-refractivity contribution in [2.75, 3.05) is 69.7 Å². The number of benzene rings is 1. The van der Waals surface area contributed by atoms with Gasteiger partial charge < -0.3 is 24.8 Å². The summed E-state index contributed by atoms with van der Waals surface area (Å²) in [7, 11) is 2.08. The van der Waals surface area contributed by atoms with E-state index >= 15 is 0 Å². The first-order chi connectivity index (χ1) is 30.1. The molecule has 4 aliphatic rings. The highest BCUT2D eigenvalue weighted by atomic mass is 19.3. The Bertz CT molecular complexity index is 2520. The molecule has 1 saturated carbocycles. The molecule has 0 radical (unpaired) electrons. The monoisotopic (exact) mass is 850 g/mol. The van der Waals surface area contributed by atoms with E-state index in [4.69, 9.17) is 9.72 Å². The van der Waals surface area contributed by atoms with Crippen LogP contribution in [0.4, 0.5) is 20.3 Å². The molecule has 3 saturated heterocycles. The minimum Gasteiger partial charge on any atom is -0.365 e. The molecule has 16 nitrogen and oxygen atoms in total. The third-order valence-corrected chi connectivity index (χ3v) is 12.9. The van der Waals surface area contributed by atoms with Crippen molar-refractivity contribution in [2.45, 2.75) is 82.9 Å². The van der Waals surface area contributed by atoms with Crippen molar-refractivity contribution in [1.29, 1.82) is 0 Å². The fraction of sp³-hybridized carbons (Fsp3) is 0.523. The molecule has 5 aromatic rings. The maximum absolute atomic E-state index is 14.3. The molecule has 0 bridgehead atoms. The van der Waals surface area contributed by atoms with Crippen LogP contribution in [0.2, 0.25) is 0 Å². The van der Waals surface area contributed by atoms with Crippen LogP contribution in [0.25, 0.3) is 16.6 Å². The van der Waals surface area contributed by atoms with Gasteiger partial charge in [-0.05, 0) is 83.0 Å². The summed E-state index contributed by atoms with van der Waals surface area (Å²) in [5.74, 6) is 6.55. The van der Waals surface area contributed by atoms with E-state index in [-0.39, 0.29) is 41.6 Å². The minimum absolute atomic E-state index is 0.00395. The Morgan fingerprint density at radius 2 is 1.79 bits per heavy atom. The lowest BCUT2D eigenvalue weighted by Crippen LogP contribution is -2.44. The zero-order chi connectivity index (χ0) is 42.9. The van der Waals surface area contributed by atoms with Gasteiger partial charge in [-0.1, -0.05) is 17.9 Å². The average molecular weight is 851 g/mol. The van der Waals surface area contributed by atoms with Gasteiger partial charge in [-0.25, -0.2) is 18.3 Å². The molecule has 3 aliphatic heterocycles. The number of hydrogen-bond donors (Lipinski definition) is 2. The van der Waals surface area contributed by atoms with Crippen LogP contribution in [0.5, 0.6) is 0 Å². The number of ether oxygens (including phenoxy) is 1. The summed E-state index contributed by atoms with van der Waals surface area (Å²) >= 11 is 0. The highest BCUT2D eigenvalue weighted by Crippen LogP contribution is 2.36. The fourth-order valence-electron chi connectivity index (χ4n) is 9.41. The number of aryl methyl sites for hydroxylation is 1. The normalized spacial score (nSPS) is 22.0. The topological polar surface area (TPSA) is 160 Å². The number of likely N-dealkylation sites (N-methyl/N-ethyl adjacent to an activating group) is 1. The molecule has 7 heterocycles. The third-order valence-electron chi connectivity index (χ3n) is 12.9. The lowest BCUT2D eigenvalue weighted by Gasteiger charge is -2.36. The van der Waals surface area contributed by atoms with Gasteiger partial charge in [-0.3, -0.25) is 29.1 Å². The number of rotatable bonds is 10. The van der Waals surface area contributed by atoms with Crippen LogP contribution in [-0.2, 0) is 14.3 Å². The molecular weight excluding hydrogens is 799 g/mol. The van der Waals surface area contributed by atoms with Crippen molar-refractivity contribution in [2.24, 2.45) is 5.92 Å². The Morgan fingerprint density at radius 3 is 2.55 bits per heavy atom. The number of carbonyl (C=O) groups excluding carboxylic acids is 3. The number of halogens is 2. The zero-order valence-corrected chi connectivity index (χ0v) is 35.1. The number of anilines is 2. The maximum atomic E-state index is 14.3. The zero-order valence-electron chi connectivity index (χ0n) is 35.1. The van der Waals surface area contributed by atoms with E-state index in [2.05, 4.69) is 59.5 Å². The number of carbonyl (C=O) groups is 3. The molecule has 3 amide bonds. The molecule has 0 spiro atoms. The first-order valence-electron chi connectivity index (χ1n) is 21.7. The van der Waals surface area contributed by atoms with Crippen LogP contribution in [0, 0.1) is 24.7 Å². The smallest absolute Gasteiger partial charge is 0.284 e. The number of piperidine rings is 2. The summed E-state index contributed by atoms with van der Waals surface area (Å²) < 4.78 is 39.6. The molecule has 9 rings (SSSR count). The Labute approximate surface area is 357 Å². The summed E-state index contributed by atoms with van der Waals surface area (Å²) in [6.45, 7) is 8.53. The summed E-state index contributed by atoms with van der Waals surface area (Å²) in [5.41, 5.74) is 2.56. The van der Waals surface area contributed by atoms with Crippen LogP contribution in [0.3, 0.4) is 0 Å². The Balaban J connectivity index is 0.742. The number of amides is 3. The largest absolute Gasteiger partial charge is 0.365 e. The van der Waals surface area contributed by atoms with Crippen molar-refractivity contribution in [1.82, 2.24) is 49.3 Å². The van der Waals surface area contributed by atoms with Crippen LogP contribution in [0.1, 0.15) is 97.2 Å². The van der Waals surface area contributed by atoms with Crippen LogP contribution in [0.15, 0.2) is 42.9 Å². The molecule has 2 N–H and O–H groups in total. The number of alkyl halides is 2. The van der Waals surface area contributed by atoms with Gasteiger partial charge in [0.1, 0.15) is 24.0 Å². The van der Waals surface area contributed by atoms with E-state index in [9.17, 15) is 23.2 Å². The van der Waals surface area contributed by atoms with Gasteiger partial charge in [0.15, 0.2) is 11.3 Å². The third kappa shape index (κ3) is 8.79. The SMILES string of the molecule is Cc1nn(C2CCC(=O)NC2=O)c2cccc(C#CCOC3CCN(CC4CCC(n5cc(NC(=O)c6cnn7ccc(N8CCN(C)CC8)nc67)c(C(F)F)n5)CC4)CC3)c12. The van der Waals surface area contributed by atoms with Crippen LogP contribution >= 0.6 is 0 Å². The van der Waals surface area contributed by atoms with E-state index in [1.54, 1.807) is 21.8 Å². The van der Waals surface area contributed by atoms with Crippen molar-refractivity contribution in [3.8, 4) is 11.8 Å². The summed E-state index contributed by atoms with van der Waals surface area (Å²) in [5, 5.41) is 19.3. The van der Waals surface area contributed by atoms with Crippen LogP contribution in [-0.4, -0.2) is 127 Å². The molecule has 1 aliphatic carbocycles. The van der Waals surface area contributed by atoms with Crippen molar-refractivity contribution in [3.63, 3.8) is 0 Å². The minimum atomic E-state index is -2.85.